The van der Waals surface area contributed by atoms with Gasteiger partial charge in [0, 0.05) is 7.05 Å². The molecule has 0 fully saturated rings. The monoisotopic (exact) mass is 221 g/mol. The lowest BCUT2D eigenvalue weighted by Crippen LogP contribution is -2.15. The van der Waals surface area contributed by atoms with Gasteiger partial charge in [-0.15, -0.1) is 0 Å². The van der Waals surface area contributed by atoms with E-state index in [1.165, 1.54) is 5.56 Å². The van der Waals surface area contributed by atoms with Gasteiger partial charge in [0.05, 0.1) is 12.3 Å². The highest BCUT2D eigenvalue weighted by Crippen LogP contribution is 2.28. The van der Waals surface area contributed by atoms with Crippen LogP contribution in [0, 0.1) is 0 Å². The van der Waals surface area contributed by atoms with Gasteiger partial charge in [0.1, 0.15) is 5.75 Å². The molecule has 0 unspecified atom stereocenters. The van der Waals surface area contributed by atoms with Crippen molar-refractivity contribution in [3.8, 4) is 5.75 Å². The zero-order valence-electron chi connectivity index (χ0n) is 10.2. The van der Waals surface area contributed by atoms with Crippen LogP contribution < -0.4 is 9.64 Å². The summed E-state index contributed by atoms with van der Waals surface area (Å²) in [5.74, 6) is 0.772. The van der Waals surface area contributed by atoms with Gasteiger partial charge in [-0.1, -0.05) is 19.9 Å². The van der Waals surface area contributed by atoms with Gasteiger partial charge in [-0.2, -0.15) is 0 Å². The van der Waals surface area contributed by atoms with Gasteiger partial charge in [-0.3, -0.25) is 4.79 Å². The van der Waals surface area contributed by atoms with Crippen molar-refractivity contribution >= 4 is 12.1 Å². The quantitative estimate of drug-likeness (QED) is 0.691. The van der Waals surface area contributed by atoms with Crippen LogP contribution in [-0.2, 0) is 11.2 Å². The number of nitrogens with zero attached hydrogens (tertiary/aromatic N) is 1. The summed E-state index contributed by atoms with van der Waals surface area (Å²) in [6.07, 6.45) is 2.71. The van der Waals surface area contributed by atoms with Gasteiger partial charge >= 0.3 is 0 Å². The number of carbonyl (C=O) groups excluding carboxylic acids is 1. The molecule has 0 bridgehead atoms. The summed E-state index contributed by atoms with van der Waals surface area (Å²) in [5, 5.41) is 0. The molecule has 0 N–H and O–H groups in total. The molecule has 1 rings (SSSR count). The Morgan fingerprint density at radius 3 is 2.69 bits per heavy atom. The Balaban J connectivity index is 3.00. The third-order valence-corrected chi connectivity index (χ3v) is 2.43. The van der Waals surface area contributed by atoms with Crippen molar-refractivity contribution < 1.29 is 9.53 Å². The van der Waals surface area contributed by atoms with Crippen LogP contribution in [0.1, 0.15) is 25.8 Å². The summed E-state index contributed by atoms with van der Waals surface area (Å²) in [6, 6.07) is 5.97. The molecule has 0 heterocycles. The predicted molar refractivity (Wildman–Crippen MR) is 66.1 cm³/mol. The second-order valence-corrected chi connectivity index (χ2v) is 3.72. The average molecular weight is 221 g/mol. The molecular weight excluding hydrogens is 202 g/mol. The third-order valence-electron chi connectivity index (χ3n) is 2.43. The Labute approximate surface area is 97.0 Å². The normalized spacial score (nSPS) is 9.94. The molecule has 0 aliphatic rings. The van der Waals surface area contributed by atoms with E-state index in [1.807, 2.05) is 18.2 Å². The van der Waals surface area contributed by atoms with E-state index in [4.69, 9.17) is 4.74 Å². The van der Waals surface area contributed by atoms with Gasteiger partial charge in [0.25, 0.3) is 0 Å². The van der Waals surface area contributed by atoms with Crippen molar-refractivity contribution in [1.82, 2.24) is 0 Å². The minimum absolute atomic E-state index is 0.672. The van der Waals surface area contributed by atoms with Crippen LogP contribution in [0.25, 0.3) is 0 Å². The van der Waals surface area contributed by atoms with Crippen molar-refractivity contribution in [1.29, 1.82) is 0 Å². The second kappa shape index (κ2) is 6.16. The first-order chi connectivity index (χ1) is 7.72. The summed E-state index contributed by atoms with van der Waals surface area (Å²) in [7, 11) is 1.74. The number of carbonyl (C=O) groups is 1. The second-order valence-electron chi connectivity index (χ2n) is 3.72. The molecular formula is C13H19NO2. The molecule has 1 amide bonds. The molecule has 1 aromatic carbocycles. The number of hydrogen-bond donors (Lipinski definition) is 0. The number of amides is 1. The van der Waals surface area contributed by atoms with Crippen molar-refractivity contribution in [3.05, 3.63) is 23.8 Å². The van der Waals surface area contributed by atoms with Gasteiger partial charge < -0.3 is 9.64 Å². The topological polar surface area (TPSA) is 29.5 Å². The molecule has 1 aromatic rings. The number of aryl methyl sites for hydroxylation is 1. The SMILES string of the molecule is CCCOc1ccc(CC)cc1N(C)C=O. The molecule has 0 aliphatic heterocycles. The van der Waals surface area contributed by atoms with E-state index in [1.54, 1.807) is 11.9 Å². The lowest BCUT2D eigenvalue weighted by atomic mass is 10.1. The molecule has 0 spiro atoms. The van der Waals surface area contributed by atoms with E-state index in [2.05, 4.69) is 13.8 Å². The molecule has 0 aliphatic carbocycles. The fourth-order valence-corrected chi connectivity index (χ4v) is 1.45. The summed E-state index contributed by atoms with van der Waals surface area (Å²) in [4.78, 5) is 12.3. The van der Waals surface area contributed by atoms with Crippen LogP contribution in [-0.4, -0.2) is 20.1 Å². The Hall–Kier alpha value is -1.51. The number of hydrogen-bond acceptors (Lipinski definition) is 2. The molecule has 88 valence electrons. The van der Waals surface area contributed by atoms with E-state index in [9.17, 15) is 4.79 Å². The summed E-state index contributed by atoms with van der Waals surface area (Å²) in [6.45, 7) is 4.82. The first kappa shape index (κ1) is 12.6. The first-order valence-corrected chi connectivity index (χ1v) is 5.66. The lowest BCUT2D eigenvalue weighted by Gasteiger charge is -2.17. The molecule has 16 heavy (non-hydrogen) atoms. The van der Waals surface area contributed by atoms with Crippen molar-refractivity contribution in [2.75, 3.05) is 18.6 Å². The van der Waals surface area contributed by atoms with Gasteiger partial charge in [0.15, 0.2) is 0 Å². The van der Waals surface area contributed by atoms with E-state index in [0.717, 1.165) is 30.7 Å². The van der Waals surface area contributed by atoms with Crippen LogP contribution >= 0.6 is 0 Å². The van der Waals surface area contributed by atoms with Crippen molar-refractivity contribution in [2.45, 2.75) is 26.7 Å². The van der Waals surface area contributed by atoms with E-state index < -0.39 is 0 Å². The Morgan fingerprint density at radius 2 is 2.12 bits per heavy atom. The highest BCUT2D eigenvalue weighted by atomic mass is 16.5. The smallest absolute Gasteiger partial charge is 0.213 e. The zero-order valence-corrected chi connectivity index (χ0v) is 10.2. The average Bonchev–Trinajstić information content (AvgIpc) is 2.35. The highest BCUT2D eigenvalue weighted by Gasteiger charge is 2.08. The van der Waals surface area contributed by atoms with Gasteiger partial charge in [-0.05, 0) is 30.5 Å². The predicted octanol–water partition coefficient (Wildman–Crippen LogP) is 2.63. The molecule has 0 saturated heterocycles. The van der Waals surface area contributed by atoms with Crippen LogP contribution in [0.3, 0.4) is 0 Å². The molecule has 3 heteroatoms. The largest absolute Gasteiger partial charge is 0.491 e. The van der Waals surface area contributed by atoms with Gasteiger partial charge in [0.2, 0.25) is 6.41 Å². The molecule has 3 nitrogen and oxygen atoms in total. The van der Waals surface area contributed by atoms with Crippen LogP contribution in [0.4, 0.5) is 5.69 Å². The van der Waals surface area contributed by atoms with Crippen molar-refractivity contribution in [3.63, 3.8) is 0 Å². The number of benzene rings is 1. The maximum atomic E-state index is 10.8. The fraction of sp³-hybridized carbons (Fsp3) is 0.462. The standard InChI is InChI=1S/C13H19NO2/c1-4-8-16-13-7-6-11(5-2)9-12(13)14(3)10-15/h6-7,9-10H,4-5,8H2,1-3H3. The minimum Gasteiger partial charge on any atom is -0.491 e. The van der Waals surface area contributed by atoms with E-state index in [-0.39, 0.29) is 0 Å². The van der Waals surface area contributed by atoms with Crippen LogP contribution in [0.2, 0.25) is 0 Å². The van der Waals surface area contributed by atoms with Crippen molar-refractivity contribution in [2.24, 2.45) is 0 Å². The zero-order chi connectivity index (χ0) is 12.0. The highest BCUT2D eigenvalue weighted by molar-refractivity contribution is 5.78. The van der Waals surface area contributed by atoms with E-state index in [0.29, 0.717) is 6.61 Å². The Bertz CT molecular complexity index is 350. The molecule has 0 saturated carbocycles. The maximum absolute atomic E-state index is 10.8. The lowest BCUT2D eigenvalue weighted by molar-refractivity contribution is -0.107. The fourth-order valence-electron chi connectivity index (χ4n) is 1.45. The van der Waals surface area contributed by atoms with E-state index >= 15 is 0 Å². The number of ether oxygens (including phenoxy) is 1. The molecule has 0 aromatic heterocycles. The maximum Gasteiger partial charge on any atom is 0.213 e. The summed E-state index contributed by atoms with van der Waals surface area (Å²) in [5.41, 5.74) is 2.04. The van der Waals surface area contributed by atoms with Gasteiger partial charge in [-0.25, -0.2) is 0 Å². The minimum atomic E-state index is 0.672. The summed E-state index contributed by atoms with van der Waals surface area (Å²) >= 11 is 0. The van der Waals surface area contributed by atoms with Crippen LogP contribution in [0.15, 0.2) is 18.2 Å². The third kappa shape index (κ3) is 2.99. The molecule has 0 radical (unpaired) electrons. The number of rotatable bonds is 6. The first-order valence-electron chi connectivity index (χ1n) is 5.66. The van der Waals surface area contributed by atoms with Crippen LogP contribution in [0.5, 0.6) is 5.75 Å². The Morgan fingerprint density at radius 1 is 1.38 bits per heavy atom. The molecule has 0 atom stereocenters. The number of anilines is 1. The summed E-state index contributed by atoms with van der Waals surface area (Å²) < 4.78 is 5.61. The Kier molecular flexibility index (Phi) is 4.83.